The maximum absolute atomic E-state index is 10.8. The third-order valence-electron chi connectivity index (χ3n) is 7.89. The zero-order chi connectivity index (χ0) is 30.0. The Hall–Kier alpha value is -5.81. The summed E-state index contributed by atoms with van der Waals surface area (Å²) < 4.78 is 0. The molecule has 0 spiro atoms. The topological polar surface area (TPSA) is 62.1 Å². The molecular formula is C39H30N4O. The zero-order valence-corrected chi connectivity index (χ0v) is 24.5. The quantitative estimate of drug-likeness (QED) is 0.216. The average molecular weight is 571 g/mol. The van der Waals surface area contributed by atoms with Crippen molar-refractivity contribution in [2.45, 2.75) is 13.8 Å². The van der Waals surface area contributed by atoms with Crippen LogP contribution in [0.3, 0.4) is 0 Å². The van der Waals surface area contributed by atoms with Gasteiger partial charge in [0.15, 0.2) is 5.82 Å². The number of phenolic OH excluding ortho intramolecular Hbond substituents is 1. The molecule has 2 heterocycles. The van der Waals surface area contributed by atoms with Crippen LogP contribution >= 0.6 is 0 Å². The molecular weight excluding hydrogens is 540 g/mol. The third-order valence-corrected chi connectivity index (χ3v) is 7.89. The summed E-state index contributed by atoms with van der Waals surface area (Å²) in [6, 6.07) is 44.4. The summed E-state index contributed by atoms with van der Waals surface area (Å²) in [4.78, 5) is 17.0. The van der Waals surface area contributed by atoms with Crippen LogP contribution in [0.25, 0.3) is 44.7 Å². The molecule has 0 atom stereocenters. The number of para-hydroxylation sites is 1. The van der Waals surface area contributed by atoms with Crippen molar-refractivity contribution in [1.29, 1.82) is 0 Å². The van der Waals surface area contributed by atoms with Gasteiger partial charge in [0.05, 0.1) is 17.1 Å². The molecule has 5 aromatic carbocycles. The first-order chi connectivity index (χ1) is 21.6. The van der Waals surface area contributed by atoms with Crippen LogP contribution in [-0.2, 0) is 0 Å². The van der Waals surface area contributed by atoms with Crippen LogP contribution in [0.5, 0.6) is 5.75 Å². The number of aromatic nitrogens is 3. The lowest BCUT2D eigenvalue weighted by Gasteiger charge is -2.26. The zero-order valence-electron chi connectivity index (χ0n) is 24.5. The number of benzene rings is 5. The van der Waals surface area contributed by atoms with Gasteiger partial charge in [-0.05, 0) is 78.9 Å². The molecule has 5 nitrogen and oxygen atoms in total. The Morgan fingerprint density at radius 1 is 0.614 bits per heavy atom. The van der Waals surface area contributed by atoms with Crippen molar-refractivity contribution >= 4 is 28.0 Å². The Labute approximate surface area is 256 Å². The number of fused-ring (bicyclic) bond motifs is 1. The second-order valence-corrected chi connectivity index (χ2v) is 10.8. The van der Waals surface area contributed by atoms with Crippen molar-refractivity contribution in [3.8, 4) is 39.7 Å². The number of hydrogen-bond donors (Lipinski definition) is 1. The molecule has 0 aliphatic heterocycles. The van der Waals surface area contributed by atoms with Crippen molar-refractivity contribution in [2.75, 3.05) is 4.90 Å². The van der Waals surface area contributed by atoms with E-state index in [0.29, 0.717) is 17.1 Å². The predicted molar refractivity (Wildman–Crippen MR) is 179 cm³/mol. The second kappa shape index (κ2) is 11.5. The fourth-order valence-corrected chi connectivity index (χ4v) is 5.82. The van der Waals surface area contributed by atoms with E-state index in [1.54, 1.807) is 6.07 Å². The van der Waals surface area contributed by atoms with Crippen molar-refractivity contribution < 1.29 is 5.11 Å². The first kappa shape index (κ1) is 27.0. The van der Waals surface area contributed by atoms with E-state index < -0.39 is 0 Å². The highest BCUT2D eigenvalue weighted by Crippen LogP contribution is 2.40. The summed E-state index contributed by atoms with van der Waals surface area (Å²) in [5.41, 5.74) is 8.26. The summed E-state index contributed by atoms with van der Waals surface area (Å²) in [6.07, 6.45) is 1.81. The predicted octanol–water partition coefficient (Wildman–Crippen LogP) is 9.82. The molecule has 212 valence electrons. The van der Waals surface area contributed by atoms with Crippen LogP contribution in [0.1, 0.15) is 11.1 Å². The lowest BCUT2D eigenvalue weighted by atomic mass is 9.98. The van der Waals surface area contributed by atoms with Gasteiger partial charge in [-0.15, -0.1) is 0 Å². The molecule has 44 heavy (non-hydrogen) atoms. The molecule has 1 N–H and O–H groups in total. The van der Waals surface area contributed by atoms with Gasteiger partial charge in [0, 0.05) is 34.0 Å². The number of phenols is 1. The Balaban J connectivity index is 1.44. The SMILES string of the molecule is Cc1cccc(C)c1-c1cc(-c2ccccc2O)nc(-c2cccc(N(c3ccccn3)c3cccc4ccccc34)c2)n1. The molecule has 7 aromatic rings. The largest absolute Gasteiger partial charge is 0.507 e. The van der Waals surface area contributed by atoms with E-state index in [9.17, 15) is 5.11 Å². The molecule has 5 heteroatoms. The monoisotopic (exact) mass is 570 g/mol. The molecule has 2 aromatic heterocycles. The first-order valence-electron chi connectivity index (χ1n) is 14.6. The number of aromatic hydroxyl groups is 1. The maximum Gasteiger partial charge on any atom is 0.160 e. The van der Waals surface area contributed by atoms with Gasteiger partial charge in [-0.2, -0.15) is 0 Å². The normalized spacial score (nSPS) is 11.0. The molecule has 0 radical (unpaired) electrons. The average Bonchev–Trinajstić information content (AvgIpc) is 3.06. The number of hydrogen-bond acceptors (Lipinski definition) is 5. The van der Waals surface area contributed by atoms with E-state index in [1.165, 1.54) is 0 Å². The molecule has 0 amide bonds. The van der Waals surface area contributed by atoms with Crippen molar-refractivity contribution in [2.24, 2.45) is 0 Å². The van der Waals surface area contributed by atoms with Gasteiger partial charge >= 0.3 is 0 Å². The molecule has 0 bridgehead atoms. The number of rotatable bonds is 6. The smallest absolute Gasteiger partial charge is 0.160 e. The highest BCUT2D eigenvalue weighted by molar-refractivity contribution is 5.98. The fraction of sp³-hybridized carbons (Fsp3) is 0.0513. The lowest BCUT2D eigenvalue weighted by molar-refractivity contribution is 0.477. The number of aryl methyl sites for hydroxylation is 2. The van der Waals surface area contributed by atoms with Crippen LogP contribution in [-0.4, -0.2) is 20.1 Å². The first-order valence-corrected chi connectivity index (χ1v) is 14.6. The molecule has 0 aliphatic carbocycles. The van der Waals surface area contributed by atoms with E-state index in [-0.39, 0.29) is 5.75 Å². The van der Waals surface area contributed by atoms with Crippen molar-refractivity contribution in [1.82, 2.24) is 15.0 Å². The minimum absolute atomic E-state index is 0.177. The standard InChI is InChI=1S/C39H30N4O/c1-26-12-9-13-27(2)38(26)34-25-33(32-19-5-6-21-36(32)44)41-39(42-34)29-16-10-17-30(24-29)43(37-22-7-8-23-40-37)35-20-11-15-28-14-3-4-18-31(28)35/h3-25,44H,1-2H3. The van der Waals surface area contributed by atoms with Gasteiger partial charge in [0.1, 0.15) is 11.6 Å². The van der Waals surface area contributed by atoms with Crippen LogP contribution in [0, 0.1) is 13.8 Å². The van der Waals surface area contributed by atoms with Crippen LogP contribution in [0.15, 0.2) is 140 Å². The number of anilines is 3. The van der Waals surface area contributed by atoms with Gasteiger partial charge in [-0.3, -0.25) is 4.90 Å². The van der Waals surface area contributed by atoms with E-state index in [4.69, 9.17) is 15.0 Å². The maximum atomic E-state index is 10.8. The number of nitrogens with zero attached hydrogens (tertiary/aromatic N) is 4. The molecule has 0 saturated carbocycles. The van der Waals surface area contributed by atoms with Crippen molar-refractivity contribution in [3.63, 3.8) is 0 Å². The van der Waals surface area contributed by atoms with E-state index in [2.05, 4.69) is 91.5 Å². The molecule has 0 unspecified atom stereocenters. The van der Waals surface area contributed by atoms with E-state index >= 15 is 0 Å². The molecule has 0 saturated heterocycles. The summed E-state index contributed by atoms with van der Waals surface area (Å²) in [6.45, 7) is 4.19. The molecule has 0 fully saturated rings. The van der Waals surface area contributed by atoms with Crippen LogP contribution < -0.4 is 4.90 Å². The van der Waals surface area contributed by atoms with Gasteiger partial charge in [-0.25, -0.2) is 15.0 Å². The van der Waals surface area contributed by atoms with Gasteiger partial charge in [0.25, 0.3) is 0 Å². The highest BCUT2D eigenvalue weighted by Gasteiger charge is 2.19. The summed E-state index contributed by atoms with van der Waals surface area (Å²) in [5, 5.41) is 13.1. The highest BCUT2D eigenvalue weighted by atomic mass is 16.3. The lowest BCUT2D eigenvalue weighted by Crippen LogP contribution is -2.12. The summed E-state index contributed by atoms with van der Waals surface area (Å²) >= 11 is 0. The minimum atomic E-state index is 0.177. The molecule has 0 aliphatic rings. The Bertz CT molecular complexity index is 2100. The minimum Gasteiger partial charge on any atom is -0.507 e. The Morgan fingerprint density at radius 2 is 1.32 bits per heavy atom. The van der Waals surface area contributed by atoms with Gasteiger partial charge < -0.3 is 5.11 Å². The number of pyridine rings is 1. The van der Waals surface area contributed by atoms with Crippen molar-refractivity contribution in [3.05, 3.63) is 151 Å². The van der Waals surface area contributed by atoms with Gasteiger partial charge in [-0.1, -0.05) is 84.9 Å². The third kappa shape index (κ3) is 5.05. The van der Waals surface area contributed by atoms with Gasteiger partial charge in [0.2, 0.25) is 0 Å². The fourth-order valence-electron chi connectivity index (χ4n) is 5.82. The van der Waals surface area contributed by atoms with Crippen LogP contribution in [0.4, 0.5) is 17.2 Å². The Morgan fingerprint density at radius 3 is 2.14 bits per heavy atom. The van der Waals surface area contributed by atoms with E-state index in [0.717, 1.165) is 55.9 Å². The summed E-state index contributed by atoms with van der Waals surface area (Å²) in [7, 11) is 0. The summed E-state index contributed by atoms with van der Waals surface area (Å²) in [5.74, 6) is 1.56. The van der Waals surface area contributed by atoms with Crippen LogP contribution in [0.2, 0.25) is 0 Å². The Kier molecular flexibility index (Phi) is 7.05. The second-order valence-electron chi connectivity index (χ2n) is 10.8. The molecule has 7 rings (SSSR count). The van der Waals surface area contributed by atoms with E-state index in [1.807, 2.05) is 60.8 Å².